The first-order valence-electron chi connectivity index (χ1n) is 5.48. The van der Waals surface area contributed by atoms with Crippen molar-refractivity contribution >= 4 is 11.8 Å². The lowest BCUT2D eigenvalue weighted by atomic mass is 9.99. The molecule has 1 atom stereocenters. The molecule has 1 fully saturated rings. The second-order valence-corrected chi connectivity index (χ2v) is 4.53. The van der Waals surface area contributed by atoms with Crippen molar-refractivity contribution in [1.29, 1.82) is 0 Å². The molecule has 1 aliphatic heterocycles. The Labute approximate surface area is 94.9 Å². The highest BCUT2D eigenvalue weighted by Gasteiger charge is 2.43. The number of aryl methyl sites for hydroxylation is 1. The van der Waals surface area contributed by atoms with E-state index in [9.17, 15) is 9.90 Å². The van der Waals surface area contributed by atoms with Gasteiger partial charge in [0.05, 0.1) is 0 Å². The van der Waals surface area contributed by atoms with E-state index < -0.39 is 11.5 Å². The van der Waals surface area contributed by atoms with Crippen LogP contribution in [0, 0.1) is 6.92 Å². The molecule has 0 saturated carbocycles. The van der Waals surface area contributed by atoms with Crippen LogP contribution in [0.1, 0.15) is 25.3 Å². The van der Waals surface area contributed by atoms with Crippen LogP contribution in [0.4, 0.5) is 5.82 Å². The summed E-state index contributed by atoms with van der Waals surface area (Å²) in [4.78, 5) is 17.5. The summed E-state index contributed by atoms with van der Waals surface area (Å²) in [5, 5.41) is 9.29. The van der Waals surface area contributed by atoms with E-state index in [0.29, 0.717) is 6.42 Å². The molecule has 1 unspecified atom stereocenters. The van der Waals surface area contributed by atoms with Gasteiger partial charge in [0.25, 0.3) is 0 Å². The smallest absolute Gasteiger partial charge is 0.329 e. The van der Waals surface area contributed by atoms with Crippen molar-refractivity contribution in [3.63, 3.8) is 0 Å². The summed E-state index contributed by atoms with van der Waals surface area (Å²) in [7, 11) is 0. The highest BCUT2D eigenvalue weighted by Crippen LogP contribution is 2.32. The number of carboxylic acid groups (broad SMARTS) is 1. The van der Waals surface area contributed by atoms with Gasteiger partial charge in [-0.05, 0) is 38.3 Å². The largest absolute Gasteiger partial charge is 0.480 e. The Morgan fingerprint density at radius 1 is 1.56 bits per heavy atom. The van der Waals surface area contributed by atoms with Crippen LogP contribution in [0.3, 0.4) is 0 Å². The van der Waals surface area contributed by atoms with Crippen LogP contribution in [-0.2, 0) is 4.79 Å². The van der Waals surface area contributed by atoms with E-state index in [0.717, 1.165) is 24.3 Å². The summed E-state index contributed by atoms with van der Waals surface area (Å²) in [6, 6.07) is 3.85. The zero-order chi connectivity index (χ0) is 11.8. The van der Waals surface area contributed by atoms with Gasteiger partial charge in [0.2, 0.25) is 0 Å². The fourth-order valence-corrected chi connectivity index (χ4v) is 2.17. The van der Waals surface area contributed by atoms with Gasteiger partial charge in [0, 0.05) is 12.7 Å². The van der Waals surface area contributed by atoms with Crippen molar-refractivity contribution in [2.75, 3.05) is 11.4 Å². The number of aromatic nitrogens is 1. The number of anilines is 1. The Hall–Kier alpha value is -1.58. The molecule has 0 bridgehead atoms. The molecule has 1 aliphatic rings. The molecule has 86 valence electrons. The van der Waals surface area contributed by atoms with Gasteiger partial charge in [-0.25, -0.2) is 9.78 Å². The van der Waals surface area contributed by atoms with Crippen molar-refractivity contribution in [1.82, 2.24) is 4.98 Å². The third-order valence-electron chi connectivity index (χ3n) is 3.27. The topological polar surface area (TPSA) is 53.4 Å². The molecule has 1 N–H and O–H groups in total. The average molecular weight is 220 g/mol. The van der Waals surface area contributed by atoms with Crippen molar-refractivity contribution in [3.8, 4) is 0 Å². The van der Waals surface area contributed by atoms with Gasteiger partial charge in [0.15, 0.2) is 0 Å². The van der Waals surface area contributed by atoms with Gasteiger partial charge in [-0.3, -0.25) is 0 Å². The Morgan fingerprint density at radius 3 is 2.88 bits per heavy atom. The average Bonchev–Trinajstić information content (AvgIpc) is 2.63. The van der Waals surface area contributed by atoms with Crippen LogP contribution in [0.25, 0.3) is 0 Å². The molecule has 4 nitrogen and oxygen atoms in total. The maximum atomic E-state index is 11.3. The van der Waals surface area contributed by atoms with Gasteiger partial charge in [0.1, 0.15) is 11.4 Å². The fourth-order valence-electron chi connectivity index (χ4n) is 2.17. The van der Waals surface area contributed by atoms with Crippen LogP contribution in [0.15, 0.2) is 18.3 Å². The first-order valence-corrected chi connectivity index (χ1v) is 5.48. The Morgan fingerprint density at radius 2 is 2.31 bits per heavy atom. The van der Waals surface area contributed by atoms with E-state index in [1.165, 1.54) is 0 Å². The molecule has 16 heavy (non-hydrogen) atoms. The lowest BCUT2D eigenvalue weighted by Gasteiger charge is -2.32. The molecule has 0 radical (unpaired) electrons. The number of hydrogen-bond acceptors (Lipinski definition) is 3. The Bertz CT molecular complexity index is 402. The highest BCUT2D eigenvalue weighted by molar-refractivity contribution is 5.83. The molecule has 2 heterocycles. The Balaban J connectivity index is 2.33. The monoisotopic (exact) mass is 220 g/mol. The second kappa shape index (κ2) is 3.77. The van der Waals surface area contributed by atoms with Crippen LogP contribution in [-0.4, -0.2) is 28.1 Å². The van der Waals surface area contributed by atoms with Crippen LogP contribution in [0.5, 0.6) is 0 Å². The normalized spacial score (nSPS) is 24.8. The number of hydrogen-bond donors (Lipinski definition) is 1. The summed E-state index contributed by atoms with van der Waals surface area (Å²) in [6.45, 7) is 4.50. The molecule has 1 aromatic rings. The first-order chi connectivity index (χ1) is 7.54. The number of rotatable bonds is 2. The zero-order valence-corrected chi connectivity index (χ0v) is 9.60. The van der Waals surface area contributed by atoms with Crippen LogP contribution < -0.4 is 4.90 Å². The van der Waals surface area contributed by atoms with Crippen molar-refractivity contribution in [3.05, 3.63) is 23.9 Å². The van der Waals surface area contributed by atoms with E-state index in [2.05, 4.69) is 4.98 Å². The highest BCUT2D eigenvalue weighted by atomic mass is 16.4. The fraction of sp³-hybridized carbons (Fsp3) is 0.500. The van der Waals surface area contributed by atoms with Crippen LogP contribution in [0.2, 0.25) is 0 Å². The lowest BCUT2D eigenvalue weighted by Crippen LogP contribution is -2.48. The van der Waals surface area contributed by atoms with Gasteiger partial charge < -0.3 is 10.0 Å². The van der Waals surface area contributed by atoms with Crippen molar-refractivity contribution in [2.45, 2.75) is 32.2 Å². The molecular weight excluding hydrogens is 204 g/mol. The number of carbonyl (C=O) groups is 1. The molecule has 0 amide bonds. The van der Waals surface area contributed by atoms with Crippen molar-refractivity contribution < 1.29 is 9.90 Å². The molecular formula is C12H16N2O2. The number of carboxylic acids is 1. The first kappa shape index (κ1) is 10.9. The molecule has 2 rings (SSSR count). The van der Waals surface area contributed by atoms with Gasteiger partial charge in [-0.1, -0.05) is 6.07 Å². The summed E-state index contributed by atoms with van der Waals surface area (Å²) in [5.74, 6) is -0.0135. The number of nitrogens with zero attached hydrogens (tertiary/aromatic N) is 2. The molecule has 0 spiro atoms. The van der Waals surface area contributed by atoms with Crippen LogP contribution >= 0.6 is 0 Å². The number of aliphatic carboxylic acids is 1. The van der Waals surface area contributed by atoms with E-state index in [1.807, 2.05) is 24.0 Å². The minimum atomic E-state index is -0.803. The predicted octanol–water partition coefficient (Wildman–Crippen LogP) is 1.83. The van der Waals surface area contributed by atoms with E-state index in [-0.39, 0.29) is 0 Å². The molecule has 4 heteroatoms. The maximum Gasteiger partial charge on any atom is 0.329 e. The summed E-state index contributed by atoms with van der Waals surface area (Å²) >= 11 is 0. The predicted molar refractivity (Wildman–Crippen MR) is 61.6 cm³/mol. The van der Waals surface area contributed by atoms with Crippen molar-refractivity contribution in [2.24, 2.45) is 0 Å². The molecule has 0 aromatic carbocycles. The molecule has 1 saturated heterocycles. The third-order valence-corrected chi connectivity index (χ3v) is 3.27. The van der Waals surface area contributed by atoms with Gasteiger partial charge in [-0.2, -0.15) is 0 Å². The summed E-state index contributed by atoms with van der Waals surface area (Å²) in [6.07, 6.45) is 3.35. The Kier molecular flexibility index (Phi) is 2.58. The van der Waals surface area contributed by atoms with Gasteiger partial charge >= 0.3 is 5.97 Å². The second-order valence-electron chi connectivity index (χ2n) is 4.53. The van der Waals surface area contributed by atoms with E-state index in [1.54, 1.807) is 13.1 Å². The van der Waals surface area contributed by atoms with Gasteiger partial charge in [-0.15, -0.1) is 0 Å². The summed E-state index contributed by atoms with van der Waals surface area (Å²) < 4.78 is 0. The minimum absolute atomic E-state index is 0.678. The van der Waals surface area contributed by atoms with E-state index in [4.69, 9.17) is 0 Å². The summed E-state index contributed by atoms with van der Waals surface area (Å²) in [5.41, 5.74) is 0.280. The maximum absolute atomic E-state index is 11.3. The number of pyridine rings is 1. The zero-order valence-electron chi connectivity index (χ0n) is 9.60. The minimum Gasteiger partial charge on any atom is -0.480 e. The molecule has 0 aliphatic carbocycles. The molecule has 1 aromatic heterocycles. The lowest BCUT2D eigenvalue weighted by molar-refractivity contribution is -0.142. The third kappa shape index (κ3) is 1.64. The SMILES string of the molecule is Cc1ccc(N2CCCC2(C)C(=O)O)nc1. The quantitative estimate of drug-likeness (QED) is 0.826. The van der Waals surface area contributed by atoms with E-state index >= 15 is 0 Å². The standard InChI is InChI=1S/C12H16N2O2/c1-9-4-5-10(13-8-9)14-7-3-6-12(14,2)11(15)16/h4-5,8H,3,6-7H2,1-2H3,(H,15,16).